The Morgan fingerprint density at radius 1 is 0.929 bits per heavy atom. The van der Waals surface area contributed by atoms with Crippen LogP contribution in [0.2, 0.25) is 0 Å². The Morgan fingerprint density at radius 3 is 2.39 bits per heavy atom. The highest BCUT2D eigenvalue weighted by Gasteiger charge is 2.10. The van der Waals surface area contributed by atoms with E-state index >= 15 is 0 Å². The summed E-state index contributed by atoms with van der Waals surface area (Å²) >= 11 is 0. The fourth-order valence-corrected chi connectivity index (χ4v) is 2.77. The normalized spacial score (nSPS) is 11.5. The molecule has 6 nitrogen and oxygen atoms in total. The lowest BCUT2D eigenvalue weighted by atomic mass is 10.1. The molecule has 0 aliphatic heterocycles. The maximum Gasteiger partial charge on any atom is 0.319 e. The number of aryl methyl sites for hydroxylation is 1. The molecule has 0 saturated carbocycles. The topological polar surface area (TPSA) is 83.4 Å². The SMILES string of the molecule is C[C@H](CCc1ccccc1)NC(=O)Nc1cccc(NC(=O)c2ccco2)c1. The smallest absolute Gasteiger partial charge is 0.319 e. The van der Waals surface area contributed by atoms with Crippen LogP contribution in [0.5, 0.6) is 0 Å². The number of carbonyl (C=O) groups excluding carboxylic acids is 2. The lowest BCUT2D eigenvalue weighted by Gasteiger charge is -2.15. The highest BCUT2D eigenvalue weighted by Crippen LogP contribution is 2.16. The summed E-state index contributed by atoms with van der Waals surface area (Å²) in [7, 11) is 0. The summed E-state index contributed by atoms with van der Waals surface area (Å²) in [6, 6.07) is 20.1. The van der Waals surface area contributed by atoms with Gasteiger partial charge in [0.25, 0.3) is 5.91 Å². The fourth-order valence-electron chi connectivity index (χ4n) is 2.77. The molecular weight excluding hydrogens is 354 g/mol. The average Bonchev–Trinajstić information content (AvgIpc) is 3.22. The van der Waals surface area contributed by atoms with Gasteiger partial charge in [-0.15, -0.1) is 0 Å². The second-order valence-corrected chi connectivity index (χ2v) is 6.54. The molecule has 3 aromatic rings. The molecule has 0 aliphatic carbocycles. The van der Waals surface area contributed by atoms with E-state index in [0.717, 1.165) is 12.8 Å². The van der Waals surface area contributed by atoms with Gasteiger partial charge in [-0.05, 0) is 55.7 Å². The van der Waals surface area contributed by atoms with Gasteiger partial charge >= 0.3 is 6.03 Å². The first-order chi connectivity index (χ1) is 13.6. The van der Waals surface area contributed by atoms with Gasteiger partial charge < -0.3 is 20.4 Å². The molecule has 1 atom stereocenters. The van der Waals surface area contributed by atoms with Gasteiger partial charge in [-0.25, -0.2) is 4.79 Å². The first kappa shape index (κ1) is 19.2. The van der Waals surface area contributed by atoms with Gasteiger partial charge in [0.2, 0.25) is 0 Å². The second-order valence-electron chi connectivity index (χ2n) is 6.54. The Kier molecular flexibility index (Phi) is 6.46. The Labute approximate surface area is 164 Å². The zero-order valence-corrected chi connectivity index (χ0v) is 15.6. The number of benzene rings is 2. The molecule has 6 heteroatoms. The van der Waals surface area contributed by atoms with Crippen LogP contribution in [0.25, 0.3) is 0 Å². The Morgan fingerprint density at radius 2 is 1.68 bits per heavy atom. The first-order valence-electron chi connectivity index (χ1n) is 9.16. The summed E-state index contributed by atoms with van der Waals surface area (Å²) in [6.07, 6.45) is 3.18. The van der Waals surface area contributed by atoms with Crippen LogP contribution in [0.1, 0.15) is 29.5 Å². The predicted octanol–water partition coefficient (Wildman–Crippen LogP) is 4.67. The van der Waals surface area contributed by atoms with Crippen LogP contribution in [0.3, 0.4) is 0 Å². The molecule has 3 amide bonds. The largest absolute Gasteiger partial charge is 0.459 e. The number of carbonyl (C=O) groups is 2. The molecular formula is C22H23N3O3. The summed E-state index contributed by atoms with van der Waals surface area (Å²) in [6.45, 7) is 1.97. The van der Waals surface area contributed by atoms with E-state index in [4.69, 9.17) is 4.42 Å². The molecule has 3 rings (SSSR count). The monoisotopic (exact) mass is 377 g/mol. The van der Waals surface area contributed by atoms with Crippen molar-refractivity contribution in [1.29, 1.82) is 0 Å². The molecule has 0 unspecified atom stereocenters. The van der Waals surface area contributed by atoms with E-state index < -0.39 is 0 Å². The third-order valence-electron chi connectivity index (χ3n) is 4.21. The maximum atomic E-state index is 12.2. The van der Waals surface area contributed by atoms with E-state index in [0.29, 0.717) is 11.4 Å². The van der Waals surface area contributed by atoms with Crippen molar-refractivity contribution in [3.8, 4) is 0 Å². The molecule has 0 aliphatic rings. The molecule has 1 aromatic heterocycles. The summed E-state index contributed by atoms with van der Waals surface area (Å²) in [4.78, 5) is 24.3. The van der Waals surface area contributed by atoms with E-state index in [2.05, 4.69) is 28.1 Å². The zero-order chi connectivity index (χ0) is 19.8. The predicted molar refractivity (Wildman–Crippen MR) is 109 cm³/mol. The lowest BCUT2D eigenvalue weighted by Crippen LogP contribution is -2.36. The quantitative estimate of drug-likeness (QED) is 0.559. The minimum atomic E-state index is -0.346. The van der Waals surface area contributed by atoms with Crippen LogP contribution in [0, 0.1) is 0 Å². The van der Waals surface area contributed by atoms with Crippen molar-refractivity contribution in [2.75, 3.05) is 10.6 Å². The van der Waals surface area contributed by atoms with E-state index in [1.54, 1.807) is 36.4 Å². The molecule has 144 valence electrons. The molecule has 2 aromatic carbocycles. The van der Waals surface area contributed by atoms with Crippen LogP contribution >= 0.6 is 0 Å². The maximum absolute atomic E-state index is 12.2. The minimum absolute atomic E-state index is 0.0297. The minimum Gasteiger partial charge on any atom is -0.459 e. The van der Waals surface area contributed by atoms with Crippen molar-refractivity contribution >= 4 is 23.3 Å². The fraction of sp³-hybridized carbons (Fsp3) is 0.182. The van der Waals surface area contributed by atoms with E-state index in [9.17, 15) is 9.59 Å². The number of nitrogens with one attached hydrogen (secondary N) is 3. The molecule has 0 saturated heterocycles. The van der Waals surface area contributed by atoms with Crippen LogP contribution in [0.15, 0.2) is 77.4 Å². The van der Waals surface area contributed by atoms with Crippen LogP contribution in [0.4, 0.5) is 16.2 Å². The van der Waals surface area contributed by atoms with Crippen molar-refractivity contribution < 1.29 is 14.0 Å². The van der Waals surface area contributed by atoms with Crippen LogP contribution in [-0.2, 0) is 6.42 Å². The van der Waals surface area contributed by atoms with Gasteiger partial charge in [0.05, 0.1) is 6.26 Å². The van der Waals surface area contributed by atoms with Crippen molar-refractivity contribution in [2.24, 2.45) is 0 Å². The summed E-state index contributed by atoms with van der Waals surface area (Å²) in [5.74, 6) is -0.121. The number of hydrogen-bond acceptors (Lipinski definition) is 3. The van der Waals surface area contributed by atoms with Crippen LogP contribution in [-0.4, -0.2) is 18.0 Å². The van der Waals surface area contributed by atoms with Crippen molar-refractivity contribution in [3.05, 3.63) is 84.3 Å². The highest BCUT2D eigenvalue weighted by atomic mass is 16.3. The number of furan rings is 1. The Hall–Kier alpha value is -3.54. The summed E-state index contributed by atoms with van der Waals surface area (Å²) in [5, 5.41) is 8.46. The lowest BCUT2D eigenvalue weighted by molar-refractivity contribution is 0.0996. The molecule has 28 heavy (non-hydrogen) atoms. The van der Waals surface area contributed by atoms with Gasteiger partial charge in [0, 0.05) is 17.4 Å². The molecule has 0 fully saturated rings. The van der Waals surface area contributed by atoms with Crippen molar-refractivity contribution in [1.82, 2.24) is 5.32 Å². The number of amides is 3. The van der Waals surface area contributed by atoms with Gasteiger partial charge in [0.1, 0.15) is 0 Å². The van der Waals surface area contributed by atoms with Crippen molar-refractivity contribution in [3.63, 3.8) is 0 Å². The highest BCUT2D eigenvalue weighted by molar-refractivity contribution is 6.02. The van der Waals surface area contributed by atoms with Gasteiger partial charge in [-0.3, -0.25) is 4.79 Å². The average molecular weight is 377 g/mol. The molecule has 0 spiro atoms. The van der Waals surface area contributed by atoms with Crippen molar-refractivity contribution in [2.45, 2.75) is 25.8 Å². The van der Waals surface area contributed by atoms with E-state index in [1.165, 1.54) is 11.8 Å². The van der Waals surface area contributed by atoms with Gasteiger partial charge in [-0.1, -0.05) is 36.4 Å². The molecule has 0 bridgehead atoms. The first-order valence-corrected chi connectivity index (χ1v) is 9.16. The Bertz CT molecular complexity index is 908. The number of hydrogen-bond donors (Lipinski definition) is 3. The third-order valence-corrected chi connectivity index (χ3v) is 4.21. The van der Waals surface area contributed by atoms with Crippen LogP contribution < -0.4 is 16.0 Å². The number of anilines is 2. The molecule has 1 heterocycles. The summed E-state index contributed by atoms with van der Waals surface area (Å²) in [5.41, 5.74) is 2.40. The number of urea groups is 1. The summed E-state index contributed by atoms with van der Waals surface area (Å²) < 4.78 is 5.07. The van der Waals surface area contributed by atoms with Gasteiger partial charge in [-0.2, -0.15) is 0 Å². The molecule has 0 radical (unpaired) electrons. The molecule has 3 N–H and O–H groups in total. The number of rotatable bonds is 7. The third kappa shape index (κ3) is 5.74. The van der Waals surface area contributed by atoms with Gasteiger partial charge in [0.15, 0.2) is 5.76 Å². The van der Waals surface area contributed by atoms with E-state index in [1.807, 2.05) is 25.1 Å². The second kappa shape index (κ2) is 9.41. The standard InChI is InChI=1S/C22H23N3O3/c1-16(12-13-17-7-3-2-4-8-17)23-22(27)25-19-10-5-9-18(15-19)24-21(26)20-11-6-14-28-20/h2-11,14-16H,12-13H2,1H3,(H,24,26)(H2,23,25,27)/t16-/m1/s1. The van der Waals surface area contributed by atoms with E-state index in [-0.39, 0.29) is 23.7 Å². The zero-order valence-electron chi connectivity index (χ0n) is 15.6. The Balaban J connectivity index is 1.49.